The summed E-state index contributed by atoms with van der Waals surface area (Å²) in [5, 5.41) is 3.02. The molecule has 0 radical (unpaired) electrons. The molecule has 202 valence electrons. The molecule has 2 aromatic carbocycles. The molecule has 1 fully saturated rings. The van der Waals surface area contributed by atoms with E-state index in [-0.39, 0.29) is 24.6 Å². The quantitative estimate of drug-likeness (QED) is 0.586. The molecule has 3 amide bonds. The van der Waals surface area contributed by atoms with Crippen molar-refractivity contribution >= 4 is 17.9 Å². The molecule has 2 aromatic rings. The van der Waals surface area contributed by atoms with Gasteiger partial charge >= 0.3 is 12.0 Å². The lowest BCUT2D eigenvalue weighted by Gasteiger charge is -2.42. The number of esters is 1. The maximum absolute atomic E-state index is 13.3. The van der Waals surface area contributed by atoms with Crippen LogP contribution in [0.3, 0.4) is 0 Å². The van der Waals surface area contributed by atoms with Gasteiger partial charge < -0.3 is 15.0 Å². The number of nitrogens with one attached hydrogen (secondary N) is 1. The van der Waals surface area contributed by atoms with E-state index in [9.17, 15) is 14.4 Å². The number of hydrogen-bond donors (Lipinski definition) is 1. The Morgan fingerprint density at radius 1 is 1.03 bits per heavy atom. The van der Waals surface area contributed by atoms with Gasteiger partial charge in [-0.25, -0.2) is 9.59 Å². The summed E-state index contributed by atoms with van der Waals surface area (Å²) in [6, 6.07) is 12.8. The van der Waals surface area contributed by atoms with Crippen LogP contribution in [0, 0.1) is 20.8 Å². The summed E-state index contributed by atoms with van der Waals surface area (Å²) in [6.07, 6.45) is 0. The number of ether oxygens (including phenoxy) is 1. The number of carbonyl (C=O) groups excluding carboxylic acids is 3. The smallest absolute Gasteiger partial charge is 0.338 e. The van der Waals surface area contributed by atoms with E-state index < -0.39 is 12.0 Å². The molecule has 0 aliphatic carbocycles. The van der Waals surface area contributed by atoms with Gasteiger partial charge in [-0.15, -0.1) is 0 Å². The maximum atomic E-state index is 13.3. The first kappa shape index (κ1) is 27.4. The first-order valence-corrected chi connectivity index (χ1v) is 13.2. The van der Waals surface area contributed by atoms with Crippen LogP contribution in [-0.4, -0.2) is 78.5 Å². The second-order valence-corrected chi connectivity index (χ2v) is 10.3. The fourth-order valence-corrected chi connectivity index (χ4v) is 5.25. The fraction of sp³-hybridized carbons (Fsp3) is 0.433. The van der Waals surface area contributed by atoms with Crippen LogP contribution in [0.5, 0.6) is 0 Å². The number of amides is 3. The lowest BCUT2D eigenvalue weighted by atomic mass is 9.90. The second-order valence-electron chi connectivity index (χ2n) is 10.3. The van der Waals surface area contributed by atoms with Crippen molar-refractivity contribution in [2.75, 3.05) is 39.8 Å². The molecule has 8 nitrogen and oxygen atoms in total. The molecule has 1 N–H and O–H groups in total. The minimum absolute atomic E-state index is 0.0210. The molecule has 0 aromatic heterocycles. The van der Waals surface area contributed by atoms with Crippen LogP contribution in [-0.2, 0) is 9.53 Å². The van der Waals surface area contributed by atoms with Gasteiger partial charge in [-0.3, -0.25) is 14.6 Å². The van der Waals surface area contributed by atoms with E-state index in [1.165, 1.54) is 4.90 Å². The van der Waals surface area contributed by atoms with Gasteiger partial charge in [0.25, 0.3) is 5.91 Å². The Hall–Kier alpha value is -3.65. The monoisotopic (exact) mass is 518 g/mol. The van der Waals surface area contributed by atoms with E-state index in [0.29, 0.717) is 43.0 Å². The number of piperazine rings is 1. The summed E-state index contributed by atoms with van der Waals surface area (Å²) < 4.78 is 5.49. The molecule has 4 rings (SSSR count). The summed E-state index contributed by atoms with van der Waals surface area (Å²) in [5.41, 5.74) is 5.80. The van der Waals surface area contributed by atoms with Crippen molar-refractivity contribution in [3.05, 3.63) is 81.6 Å². The highest BCUT2D eigenvalue weighted by molar-refractivity contribution is 5.95. The van der Waals surface area contributed by atoms with Crippen LogP contribution in [0.15, 0.2) is 53.7 Å². The number of rotatable bonds is 6. The Kier molecular flexibility index (Phi) is 8.21. The number of urea groups is 1. The zero-order valence-electron chi connectivity index (χ0n) is 23.2. The molecule has 38 heavy (non-hydrogen) atoms. The topological polar surface area (TPSA) is 82.2 Å². The molecular formula is C30H38N4O4. The minimum Gasteiger partial charge on any atom is -0.463 e. The van der Waals surface area contributed by atoms with E-state index in [0.717, 1.165) is 22.3 Å². The van der Waals surface area contributed by atoms with Gasteiger partial charge in [0, 0.05) is 50.5 Å². The Morgan fingerprint density at radius 2 is 1.71 bits per heavy atom. The first-order valence-electron chi connectivity index (χ1n) is 13.2. The average Bonchev–Trinajstić information content (AvgIpc) is 2.88. The Morgan fingerprint density at radius 3 is 2.37 bits per heavy atom. The van der Waals surface area contributed by atoms with Gasteiger partial charge in [0.2, 0.25) is 0 Å². The van der Waals surface area contributed by atoms with Crippen molar-refractivity contribution in [1.29, 1.82) is 0 Å². The summed E-state index contributed by atoms with van der Waals surface area (Å²) in [7, 11) is 1.68. The molecule has 2 aliphatic heterocycles. The molecule has 2 unspecified atom stereocenters. The molecular weight excluding hydrogens is 480 g/mol. The van der Waals surface area contributed by atoms with Gasteiger partial charge in [0.05, 0.1) is 18.2 Å². The highest BCUT2D eigenvalue weighted by Gasteiger charge is 2.39. The van der Waals surface area contributed by atoms with E-state index in [1.807, 2.05) is 75.1 Å². The number of hydrogen-bond acceptors (Lipinski definition) is 5. The average molecular weight is 519 g/mol. The van der Waals surface area contributed by atoms with E-state index in [2.05, 4.69) is 10.2 Å². The molecule has 0 spiro atoms. The van der Waals surface area contributed by atoms with Crippen LogP contribution < -0.4 is 5.32 Å². The molecule has 2 heterocycles. The highest BCUT2D eigenvalue weighted by atomic mass is 16.5. The van der Waals surface area contributed by atoms with Crippen molar-refractivity contribution in [1.82, 2.24) is 20.0 Å². The summed E-state index contributed by atoms with van der Waals surface area (Å²) in [5.74, 6) is -0.408. The summed E-state index contributed by atoms with van der Waals surface area (Å²) >= 11 is 0. The van der Waals surface area contributed by atoms with Crippen LogP contribution in [0.4, 0.5) is 4.79 Å². The standard InChI is InChI=1S/C30H38N4O4/c1-7-38-29(36)26-25(32(6)30(37)31-27(26)24-16-20(3)8-11-21(24)4)18-33-14-15-34(22(5)17-33)28(35)23-12-9-19(2)10-13-23/h8-13,16,22,27H,7,14-15,17-18H2,1-6H3,(H,31,37). The molecule has 0 saturated carbocycles. The molecule has 2 atom stereocenters. The van der Waals surface area contributed by atoms with Gasteiger partial charge in [-0.2, -0.15) is 0 Å². The van der Waals surface area contributed by atoms with Crippen LogP contribution >= 0.6 is 0 Å². The minimum atomic E-state index is -0.602. The van der Waals surface area contributed by atoms with Crippen molar-refractivity contribution in [2.45, 2.75) is 46.7 Å². The third-order valence-corrected chi connectivity index (χ3v) is 7.46. The lowest BCUT2D eigenvalue weighted by Crippen LogP contribution is -2.56. The number of carbonyl (C=O) groups is 3. The summed E-state index contributed by atoms with van der Waals surface area (Å²) in [4.78, 5) is 45.2. The highest BCUT2D eigenvalue weighted by Crippen LogP contribution is 2.33. The Bertz CT molecular complexity index is 1250. The number of benzene rings is 2. The second kappa shape index (κ2) is 11.4. The number of likely N-dealkylation sites (N-methyl/N-ethyl adjacent to an activating group) is 1. The van der Waals surface area contributed by atoms with E-state index in [4.69, 9.17) is 4.74 Å². The maximum Gasteiger partial charge on any atom is 0.338 e. The van der Waals surface area contributed by atoms with E-state index in [1.54, 1.807) is 14.0 Å². The molecule has 1 saturated heterocycles. The van der Waals surface area contributed by atoms with Crippen molar-refractivity contribution in [3.63, 3.8) is 0 Å². The predicted octanol–water partition coefficient (Wildman–Crippen LogP) is 3.97. The third kappa shape index (κ3) is 5.60. The lowest BCUT2D eigenvalue weighted by molar-refractivity contribution is -0.139. The predicted molar refractivity (Wildman–Crippen MR) is 147 cm³/mol. The normalized spacial score (nSPS) is 20.4. The summed E-state index contributed by atoms with van der Waals surface area (Å²) in [6.45, 7) is 12.2. The zero-order chi connectivity index (χ0) is 27.6. The fourth-order valence-electron chi connectivity index (χ4n) is 5.25. The molecule has 2 aliphatic rings. The van der Waals surface area contributed by atoms with Crippen LogP contribution in [0.25, 0.3) is 0 Å². The van der Waals surface area contributed by atoms with Crippen molar-refractivity contribution in [3.8, 4) is 0 Å². The zero-order valence-corrected chi connectivity index (χ0v) is 23.2. The van der Waals surface area contributed by atoms with Gasteiger partial charge in [-0.1, -0.05) is 41.5 Å². The molecule has 8 heteroatoms. The number of nitrogens with zero attached hydrogens (tertiary/aromatic N) is 3. The van der Waals surface area contributed by atoms with Crippen LogP contribution in [0.1, 0.15) is 52.5 Å². The Balaban J connectivity index is 1.62. The van der Waals surface area contributed by atoms with Crippen LogP contribution in [0.2, 0.25) is 0 Å². The largest absolute Gasteiger partial charge is 0.463 e. The SMILES string of the molecule is CCOC(=O)C1=C(CN2CCN(C(=O)c3ccc(C)cc3)C(C)C2)N(C)C(=O)NC1c1cc(C)ccc1C. The van der Waals surface area contributed by atoms with Crippen molar-refractivity contribution < 1.29 is 19.1 Å². The van der Waals surface area contributed by atoms with Gasteiger partial charge in [0.15, 0.2) is 0 Å². The molecule has 0 bridgehead atoms. The Labute approximate surface area is 225 Å². The van der Waals surface area contributed by atoms with Crippen molar-refractivity contribution in [2.24, 2.45) is 0 Å². The van der Waals surface area contributed by atoms with E-state index >= 15 is 0 Å². The third-order valence-electron chi connectivity index (χ3n) is 7.46. The van der Waals surface area contributed by atoms with Gasteiger partial charge in [-0.05, 0) is 57.9 Å². The van der Waals surface area contributed by atoms with Gasteiger partial charge in [0.1, 0.15) is 0 Å². The number of aryl methyl sites for hydroxylation is 3. The first-order chi connectivity index (χ1) is 18.1.